The summed E-state index contributed by atoms with van der Waals surface area (Å²) in [5, 5.41) is 2.06. The van der Waals surface area contributed by atoms with Gasteiger partial charge in [0.05, 0.1) is 25.0 Å². The van der Waals surface area contributed by atoms with E-state index in [-0.39, 0.29) is 25.6 Å². The van der Waals surface area contributed by atoms with E-state index in [9.17, 15) is 4.57 Å². The van der Waals surface area contributed by atoms with Crippen molar-refractivity contribution in [2.24, 2.45) is 0 Å². The number of nitrogens with zero attached hydrogens (tertiary/aromatic N) is 3. The fourth-order valence-corrected chi connectivity index (χ4v) is 11.7. The lowest BCUT2D eigenvalue weighted by Crippen LogP contribution is -3.00. The van der Waals surface area contributed by atoms with Crippen molar-refractivity contribution in [3.05, 3.63) is 152 Å². The summed E-state index contributed by atoms with van der Waals surface area (Å²) < 4.78 is 42.4. The van der Waals surface area contributed by atoms with Crippen LogP contribution in [0.5, 0.6) is 28.7 Å². The Hall–Kier alpha value is -4.11. The summed E-state index contributed by atoms with van der Waals surface area (Å²) in [4.78, 5) is 8.40. The Bertz CT molecular complexity index is 1780. The maximum atomic E-state index is 13.3. The predicted molar refractivity (Wildman–Crippen MR) is 236 cm³/mol. The maximum absolute atomic E-state index is 13.3. The molecule has 1 unspecified atom stereocenters. The summed E-state index contributed by atoms with van der Waals surface area (Å²) in [6.07, 6.45) is 12.9. The minimum atomic E-state index is -3.27. The SMILES string of the molecule is C.C1CC2N(C1)C1CCCN1C1CCCN21.O=P(Oc1ccccc1)(Oc1ccccc1)C1CCC[NH2+]1.[Cl-].c1ccc(OP(Oc2ccccc2)Oc2ccccc2)cc1. The molecular formula is C47H59ClN4O6P2. The van der Waals surface area contributed by atoms with E-state index in [1.165, 1.54) is 58.2 Å². The second-order valence-electron chi connectivity index (χ2n) is 15.1. The van der Waals surface area contributed by atoms with Gasteiger partial charge in [-0.2, -0.15) is 0 Å². The standard InChI is InChI=1S/C18H15O3P.C16H18NO3P.C12H21N3.CH4.ClH/c1-4-10-16(11-5-1)19-22(20-17-12-6-2-7-13-17)21-18-14-8-3-9-15-18;18-21(16-12-7-13-17-16,19-14-8-3-1-4-9-14)20-15-10-5-2-6-11-15;1-4-10-13(7-1)11-5-2-9-15(11)12-6-3-8-14(10)12;;/h1-15H;1-6,8-11,16-17H,7,12-13H2;10-12H,1-9H2;1H4;1H. The third-order valence-electron chi connectivity index (χ3n) is 11.2. The second-order valence-corrected chi connectivity index (χ2v) is 18.2. The fraction of sp³-hybridized carbons (Fsp3) is 0.362. The van der Waals surface area contributed by atoms with E-state index >= 15 is 0 Å². The quantitative estimate of drug-likeness (QED) is 0.137. The van der Waals surface area contributed by atoms with Gasteiger partial charge in [0.25, 0.3) is 0 Å². The first-order valence-electron chi connectivity index (χ1n) is 20.8. The minimum absolute atomic E-state index is 0. The second kappa shape index (κ2) is 22.7. The molecule has 13 heteroatoms. The molecule has 5 heterocycles. The van der Waals surface area contributed by atoms with E-state index in [0.717, 1.165) is 37.9 Å². The van der Waals surface area contributed by atoms with Crippen LogP contribution in [0.15, 0.2) is 152 Å². The summed E-state index contributed by atoms with van der Waals surface area (Å²) in [5.74, 6) is 3.15. The van der Waals surface area contributed by atoms with Crippen LogP contribution >= 0.6 is 16.2 Å². The summed E-state index contributed by atoms with van der Waals surface area (Å²) in [5.41, 5.74) is 0. The monoisotopic (exact) mass is 872 g/mol. The highest BCUT2D eigenvalue weighted by atomic mass is 35.5. The molecule has 5 aromatic carbocycles. The zero-order valence-electron chi connectivity index (χ0n) is 33.4. The molecule has 10 rings (SSSR count). The summed E-state index contributed by atoms with van der Waals surface area (Å²) >= 11 is 0. The molecule has 5 aliphatic heterocycles. The predicted octanol–water partition coefficient (Wildman–Crippen LogP) is 7.38. The molecule has 0 amide bonds. The average molecular weight is 873 g/mol. The fourth-order valence-electron chi connectivity index (χ4n) is 8.64. The van der Waals surface area contributed by atoms with E-state index in [2.05, 4.69) is 20.0 Å². The summed E-state index contributed by atoms with van der Waals surface area (Å²) in [6.45, 7) is 5.03. The Morgan fingerprint density at radius 3 is 1.08 bits per heavy atom. The Morgan fingerprint density at radius 1 is 0.467 bits per heavy atom. The zero-order valence-corrected chi connectivity index (χ0v) is 35.9. The zero-order chi connectivity index (χ0) is 39.4. The van der Waals surface area contributed by atoms with Gasteiger partial charge in [0.15, 0.2) is 0 Å². The number of rotatable bonds is 11. The Labute approximate surface area is 364 Å². The van der Waals surface area contributed by atoms with Crippen LogP contribution in [0.3, 0.4) is 0 Å². The molecule has 0 aromatic heterocycles. The number of halogens is 1. The van der Waals surface area contributed by atoms with E-state index in [0.29, 0.717) is 28.7 Å². The first kappa shape index (κ1) is 45.4. The van der Waals surface area contributed by atoms with Gasteiger partial charge >= 0.3 is 16.2 Å². The molecule has 5 aliphatic rings. The highest BCUT2D eigenvalue weighted by molar-refractivity contribution is 7.55. The van der Waals surface area contributed by atoms with Crippen LogP contribution in [0.2, 0.25) is 0 Å². The minimum Gasteiger partial charge on any atom is -1.00 e. The van der Waals surface area contributed by atoms with Crippen molar-refractivity contribution in [1.29, 1.82) is 0 Å². The van der Waals surface area contributed by atoms with Crippen LogP contribution in [0, 0.1) is 0 Å². The number of nitrogens with two attached hydrogens (primary N) is 1. The van der Waals surface area contributed by atoms with E-state index in [4.69, 9.17) is 22.6 Å². The van der Waals surface area contributed by atoms with Gasteiger partial charge in [-0.05, 0) is 99.2 Å². The van der Waals surface area contributed by atoms with Crippen LogP contribution in [-0.4, -0.2) is 65.2 Å². The highest BCUT2D eigenvalue weighted by Gasteiger charge is 2.50. The molecule has 320 valence electrons. The smallest absolute Gasteiger partial charge is 0.530 e. The van der Waals surface area contributed by atoms with Crippen molar-refractivity contribution in [2.45, 2.75) is 83.1 Å². The van der Waals surface area contributed by atoms with Gasteiger partial charge < -0.3 is 40.3 Å². The Morgan fingerprint density at radius 2 is 0.783 bits per heavy atom. The van der Waals surface area contributed by atoms with Gasteiger partial charge in [-0.25, -0.2) is 4.57 Å². The number of benzene rings is 5. The van der Waals surface area contributed by atoms with Crippen molar-refractivity contribution >= 4 is 16.2 Å². The Balaban J connectivity index is 0.000000151. The molecule has 60 heavy (non-hydrogen) atoms. The van der Waals surface area contributed by atoms with Crippen molar-refractivity contribution in [1.82, 2.24) is 14.7 Å². The van der Waals surface area contributed by atoms with Crippen molar-refractivity contribution in [3.8, 4) is 28.7 Å². The molecule has 0 aliphatic carbocycles. The van der Waals surface area contributed by atoms with Crippen molar-refractivity contribution < 1.29 is 44.9 Å². The lowest BCUT2D eigenvalue weighted by molar-refractivity contribution is -0.652. The number of hydrogen-bond donors (Lipinski definition) is 1. The molecule has 0 saturated carbocycles. The van der Waals surface area contributed by atoms with Crippen molar-refractivity contribution in [2.75, 3.05) is 26.2 Å². The van der Waals surface area contributed by atoms with E-state index in [1.54, 1.807) is 24.3 Å². The molecule has 0 radical (unpaired) electrons. The van der Waals surface area contributed by atoms with Gasteiger partial charge in [0.2, 0.25) is 5.78 Å². The number of hydrogen-bond acceptors (Lipinski definition) is 9. The molecule has 0 spiro atoms. The van der Waals surface area contributed by atoms with Crippen LogP contribution in [-0.2, 0) is 4.57 Å². The average Bonchev–Trinajstić information content (AvgIpc) is 4.11. The van der Waals surface area contributed by atoms with Gasteiger partial charge in [-0.15, -0.1) is 0 Å². The maximum Gasteiger partial charge on any atom is 0.530 e. The topological polar surface area (TPSA) is 89.6 Å². The lowest BCUT2D eigenvalue weighted by atomic mass is 10.2. The third-order valence-corrected chi connectivity index (χ3v) is 14.5. The van der Waals surface area contributed by atoms with Gasteiger partial charge in [-0.3, -0.25) is 14.7 Å². The first-order valence-corrected chi connectivity index (χ1v) is 23.5. The van der Waals surface area contributed by atoms with Gasteiger partial charge in [0, 0.05) is 32.5 Å². The van der Waals surface area contributed by atoms with Gasteiger partial charge in [0.1, 0.15) is 28.7 Å². The highest BCUT2D eigenvalue weighted by Crippen LogP contribution is 2.52. The first-order chi connectivity index (χ1) is 28.6. The molecule has 5 saturated heterocycles. The molecule has 0 bridgehead atoms. The Kier molecular flexibility index (Phi) is 17.1. The normalized spacial score (nSPS) is 21.9. The van der Waals surface area contributed by atoms with Crippen molar-refractivity contribution in [3.63, 3.8) is 0 Å². The number of quaternary nitrogens is 1. The number of para-hydroxylation sites is 5. The molecule has 1 atom stereocenters. The van der Waals surface area contributed by atoms with E-state index < -0.39 is 16.2 Å². The molecule has 5 fully saturated rings. The van der Waals surface area contributed by atoms with Crippen LogP contribution in [0.25, 0.3) is 0 Å². The summed E-state index contributed by atoms with van der Waals surface area (Å²) in [6, 6.07) is 47.0. The summed E-state index contributed by atoms with van der Waals surface area (Å²) in [7, 11) is -4.86. The lowest BCUT2D eigenvalue weighted by Gasteiger charge is -2.51. The molecule has 2 N–H and O–H groups in total. The largest absolute Gasteiger partial charge is 1.00 e. The molecular weight excluding hydrogens is 814 g/mol. The molecule has 5 aromatic rings. The van der Waals surface area contributed by atoms with E-state index in [1.807, 2.05) is 127 Å². The molecule has 10 nitrogen and oxygen atoms in total. The third kappa shape index (κ3) is 11.8. The number of fused-ring (bicyclic) bond motifs is 6. The van der Waals surface area contributed by atoms with Crippen LogP contribution in [0.4, 0.5) is 0 Å². The van der Waals surface area contributed by atoms with Crippen LogP contribution in [0.1, 0.15) is 58.8 Å². The van der Waals surface area contributed by atoms with Gasteiger partial charge in [-0.1, -0.05) is 98.4 Å². The van der Waals surface area contributed by atoms with Crippen LogP contribution < -0.4 is 40.3 Å².